The Kier molecular flexibility index (Phi) is 3.43. The number of nitrogens with zero attached hydrogens (tertiary/aromatic N) is 2. The van der Waals surface area contributed by atoms with E-state index in [4.69, 9.17) is 0 Å². The molecule has 1 heterocycles. The number of benzene rings is 1. The Hall–Kier alpha value is -1.41. The minimum absolute atomic E-state index is 0.423. The maximum Gasteiger partial charge on any atom is 0.0708 e. The Morgan fingerprint density at radius 1 is 1.29 bits per heavy atom. The van der Waals surface area contributed by atoms with Crippen LogP contribution in [0.3, 0.4) is 0 Å². The van der Waals surface area contributed by atoms with Crippen molar-refractivity contribution < 1.29 is 0 Å². The molecule has 90 valence electrons. The highest BCUT2D eigenvalue weighted by atomic mass is 15.1. The van der Waals surface area contributed by atoms with Crippen LogP contribution in [-0.2, 0) is 0 Å². The zero-order valence-corrected chi connectivity index (χ0v) is 11.1. The van der Waals surface area contributed by atoms with Crippen molar-refractivity contribution in [3.63, 3.8) is 0 Å². The summed E-state index contributed by atoms with van der Waals surface area (Å²) in [7, 11) is 2.16. The van der Waals surface area contributed by atoms with Crippen LogP contribution in [0, 0.1) is 6.92 Å². The van der Waals surface area contributed by atoms with Gasteiger partial charge in [-0.2, -0.15) is 0 Å². The number of fused-ring (bicyclic) bond motifs is 1. The van der Waals surface area contributed by atoms with E-state index in [1.165, 1.54) is 10.9 Å². The molecule has 1 aromatic carbocycles. The summed E-state index contributed by atoms with van der Waals surface area (Å²) in [6.07, 6.45) is 0. The minimum atomic E-state index is 0.423. The van der Waals surface area contributed by atoms with Crippen LogP contribution in [0.15, 0.2) is 30.3 Å². The molecule has 17 heavy (non-hydrogen) atoms. The van der Waals surface area contributed by atoms with Gasteiger partial charge in [0.05, 0.1) is 5.52 Å². The summed E-state index contributed by atoms with van der Waals surface area (Å²) in [5, 5.41) is 1.27. The molecule has 2 rings (SSSR count). The number of para-hydroxylation sites is 1. The van der Waals surface area contributed by atoms with Gasteiger partial charge in [0.25, 0.3) is 0 Å². The monoisotopic (exact) mass is 228 g/mol. The van der Waals surface area contributed by atoms with E-state index in [2.05, 4.69) is 62.0 Å². The zero-order valence-electron chi connectivity index (χ0n) is 11.1. The first-order valence-corrected chi connectivity index (χ1v) is 6.20. The lowest BCUT2D eigenvalue weighted by molar-refractivity contribution is 0.277. The van der Waals surface area contributed by atoms with Gasteiger partial charge in [0.1, 0.15) is 0 Å². The summed E-state index contributed by atoms with van der Waals surface area (Å²) < 4.78 is 0. The van der Waals surface area contributed by atoms with Crippen LogP contribution in [0.1, 0.15) is 31.1 Å². The Morgan fingerprint density at radius 2 is 2.00 bits per heavy atom. The van der Waals surface area contributed by atoms with E-state index < -0.39 is 0 Å². The largest absolute Gasteiger partial charge is 0.300 e. The average Bonchev–Trinajstić information content (AvgIpc) is 2.35. The molecule has 0 saturated heterocycles. The van der Waals surface area contributed by atoms with Gasteiger partial charge in [-0.15, -0.1) is 0 Å². The molecule has 2 heteroatoms. The third kappa shape index (κ3) is 2.32. The maximum atomic E-state index is 4.59. The summed E-state index contributed by atoms with van der Waals surface area (Å²) in [6.45, 7) is 7.56. The molecule has 0 aliphatic heterocycles. The van der Waals surface area contributed by atoms with Gasteiger partial charge < -0.3 is 0 Å². The van der Waals surface area contributed by atoms with E-state index in [0.29, 0.717) is 6.04 Å². The molecule has 0 bridgehead atoms. The lowest BCUT2D eigenvalue weighted by Crippen LogP contribution is -2.22. The second-order valence-corrected chi connectivity index (χ2v) is 4.62. The topological polar surface area (TPSA) is 16.1 Å². The number of aromatic nitrogens is 1. The van der Waals surface area contributed by atoms with Crippen molar-refractivity contribution in [2.24, 2.45) is 0 Å². The maximum absolute atomic E-state index is 4.59. The first kappa shape index (κ1) is 12.1. The average molecular weight is 228 g/mol. The first-order chi connectivity index (χ1) is 8.13. The fourth-order valence-electron chi connectivity index (χ4n) is 2.20. The second-order valence-electron chi connectivity index (χ2n) is 4.62. The normalized spacial score (nSPS) is 13.2. The van der Waals surface area contributed by atoms with Crippen LogP contribution < -0.4 is 0 Å². The third-order valence-corrected chi connectivity index (χ3v) is 3.49. The smallest absolute Gasteiger partial charge is 0.0708 e. The fourth-order valence-corrected chi connectivity index (χ4v) is 2.20. The van der Waals surface area contributed by atoms with Crippen LogP contribution in [0.25, 0.3) is 10.9 Å². The molecule has 2 nitrogen and oxygen atoms in total. The van der Waals surface area contributed by atoms with E-state index in [1.54, 1.807) is 0 Å². The van der Waals surface area contributed by atoms with Crippen molar-refractivity contribution >= 4 is 10.9 Å². The van der Waals surface area contributed by atoms with Gasteiger partial charge in [-0.05, 0) is 45.1 Å². The summed E-state index contributed by atoms with van der Waals surface area (Å²) >= 11 is 0. The van der Waals surface area contributed by atoms with Crippen LogP contribution in [-0.4, -0.2) is 23.5 Å². The van der Waals surface area contributed by atoms with Crippen molar-refractivity contribution in [3.8, 4) is 0 Å². The van der Waals surface area contributed by atoms with Gasteiger partial charge in [0.15, 0.2) is 0 Å². The standard InChI is InChI=1S/C15H20N2/c1-5-17(4)12(3)14-10-11(2)16-15-9-7-6-8-13(14)15/h6-10,12H,5H2,1-4H3. The molecule has 0 aliphatic rings. The molecular formula is C15H20N2. The van der Waals surface area contributed by atoms with Gasteiger partial charge in [0.2, 0.25) is 0 Å². The minimum Gasteiger partial charge on any atom is -0.300 e. The predicted molar refractivity (Wildman–Crippen MR) is 73.2 cm³/mol. The lowest BCUT2D eigenvalue weighted by atomic mass is 10.0. The molecule has 0 N–H and O–H groups in total. The van der Waals surface area contributed by atoms with E-state index in [-0.39, 0.29) is 0 Å². The number of hydrogen-bond donors (Lipinski definition) is 0. The molecule has 1 atom stereocenters. The van der Waals surface area contributed by atoms with Crippen molar-refractivity contribution in [2.45, 2.75) is 26.8 Å². The quantitative estimate of drug-likeness (QED) is 0.798. The predicted octanol–water partition coefficient (Wildman–Crippen LogP) is 3.56. The summed E-state index contributed by atoms with van der Waals surface area (Å²) in [5.41, 5.74) is 3.56. The highest BCUT2D eigenvalue weighted by Gasteiger charge is 2.13. The molecule has 2 aromatic rings. The number of aryl methyl sites for hydroxylation is 1. The molecule has 1 unspecified atom stereocenters. The Balaban J connectivity index is 2.59. The SMILES string of the molecule is CCN(C)C(C)c1cc(C)nc2ccccc12. The third-order valence-electron chi connectivity index (χ3n) is 3.49. The highest BCUT2D eigenvalue weighted by molar-refractivity contribution is 5.82. The van der Waals surface area contributed by atoms with Crippen molar-refractivity contribution in [1.82, 2.24) is 9.88 Å². The van der Waals surface area contributed by atoms with Crippen LogP contribution in [0.5, 0.6) is 0 Å². The van der Waals surface area contributed by atoms with E-state index in [1.807, 2.05) is 6.07 Å². The number of pyridine rings is 1. The number of rotatable bonds is 3. The molecule has 0 amide bonds. The van der Waals surface area contributed by atoms with Gasteiger partial charge >= 0.3 is 0 Å². The fraction of sp³-hybridized carbons (Fsp3) is 0.400. The molecule has 0 fully saturated rings. The molecule has 0 radical (unpaired) electrons. The molecule has 0 aliphatic carbocycles. The molecule has 1 aromatic heterocycles. The van der Waals surface area contributed by atoms with Gasteiger partial charge in [-0.3, -0.25) is 9.88 Å². The van der Waals surface area contributed by atoms with E-state index in [0.717, 1.165) is 17.8 Å². The van der Waals surface area contributed by atoms with Crippen molar-refractivity contribution in [1.29, 1.82) is 0 Å². The Morgan fingerprint density at radius 3 is 2.71 bits per heavy atom. The van der Waals surface area contributed by atoms with Gasteiger partial charge in [-0.1, -0.05) is 25.1 Å². The van der Waals surface area contributed by atoms with Crippen molar-refractivity contribution in [2.75, 3.05) is 13.6 Å². The number of hydrogen-bond acceptors (Lipinski definition) is 2. The lowest BCUT2D eigenvalue weighted by Gasteiger charge is -2.24. The first-order valence-electron chi connectivity index (χ1n) is 6.20. The Labute approximate surface area is 103 Å². The van der Waals surface area contributed by atoms with Gasteiger partial charge in [0, 0.05) is 17.1 Å². The highest BCUT2D eigenvalue weighted by Crippen LogP contribution is 2.26. The summed E-state index contributed by atoms with van der Waals surface area (Å²) in [6, 6.07) is 11.0. The molecule has 0 spiro atoms. The molecular weight excluding hydrogens is 208 g/mol. The van der Waals surface area contributed by atoms with Crippen LogP contribution in [0.4, 0.5) is 0 Å². The second kappa shape index (κ2) is 4.84. The zero-order chi connectivity index (χ0) is 12.4. The Bertz CT molecular complexity index is 519. The van der Waals surface area contributed by atoms with Crippen LogP contribution in [0.2, 0.25) is 0 Å². The molecule has 0 saturated carbocycles. The van der Waals surface area contributed by atoms with Crippen molar-refractivity contribution in [3.05, 3.63) is 41.6 Å². The summed E-state index contributed by atoms with van der Waals surface area (Å²) in [5.74, 6) is 0. The van der Waals surface area contributed by atoms with Gasteiger partial charge in [-0.25, -0.2) is 0 Å². The van der Waals surface area contributed by atoms with Crippen LogP contribution >= 0.6 is 0 Å². The van der Waals surface area contributed by atoms with E-state index >= 15 is 0 Å². The summed E-state index contributed by atoms with van der Waals surface area (Å²) in [4.78, 5) is 6.93. The van der Waals surface area contributed by atoms with E-state index in [9.17, 15) is 0 Å².